The van der Waals surface area contributed by atoms with Gasteiger partial charge in [0.1, 0.15) is 17.4 Å². The summed E-state index contributed by atoms with van der Waals surface area (Å²) < 4.78 is 68.8. The van der Waals surface area contributed by atoms with Crippen LogP contribution in [0.5, 0.6) is 5.75 Å². The Bertz CT molecular complexity index is 679. The molecule has 0 atom stereocenters. The molecule has 0 heterocycles. The number of carbonyl (C=O) groups excluding carboxylic acids is 1. The lowest BCUT2D eigenvalue weighted by atomic mass is 10.1. The smallest absolute Gasteiger partial charge is 0.419 e. The first-order chi connectivity index (χ1) is 9.79. The van der Waals surface area contributed by atoms with Gasteiger partial charge in [0.2, 0.25) is 0 Å². The van der Waals surface area contributed by atoms with Crippen molar-refractivity contribution in [1.29, 1.82) is 0 Å². The molecule has 7 heteroatoms. The molecule has 0 unspecified atom stereocenters. The summed E-state index contributed by atoms with van der Waals surface area (Å²) in [4.78, 5) is 11.7. The summed E-state index contributed by atoms with van der Waals surface area (Å²) in [5, 5.41) is 0. The number of halogens is 5. The van der Waals surface area contributed by atoms with Crippen LogP contribution in [0, 0.1) is 11.6 Å². The second kappa shape index (κ2) is 5.51. The Morgan fingerprint density at radius 1 is 1.00 bits per heavy atom. The Morgan fingerprint density at radius 3 is 2.29 bits per heavy atom. The van der Waals surface area contributed by atoms with Crippen molar-refractivity contribution in [1.82, 2.24) is 0 Å². The van der Waals surface area contributed by atoms with Crippen LogP contribution in [0.15, 0.2) is 42.5 Å². The average Bonchev–Trinajstić information content (AvgIpc) is 2.37. The topological polar surface area (TPSA) is 26.3 Å². The molecule has 0 aromatic heterocycles. The molecular formula is C14H7F5O2. The van der Waals surface area contributed by atoms with Gasteiger partial charge in [-0.2, -0.15) is 13.2 Å². The zero-order valence-corrected chi connectivity index (χ0v) is 10.2. The summed E-state index contributed by atoms with van der Waals surface area (Å²) in [5.41, 5.74) is -2.45. The fourth-order valence-electron chi connectivity index (χ4n) is 1.60. The number of esters is 1. The molecule has 2 aromatic carbocycles. The van der Waals surface area contributed by atoms with E-state index in [9.17, 15) is 26.7 Å². The summed E-state index contributed by atoms with van der Waals surface area (Å²) >= 11 is 0. The van der Waals surface area contributed by atoms with Gasteiger partial charge in [0.15, 0.2) is 0 Å². The van der Waals surface area contributed by atoms with Crippen molar-refractivity contribution in [3.8, 4) is 5.75 Å². The van der Waals surface area contributed by atoms with Crippen LogP contribution in [0.25, 0.3) is 0 Å². The third-order valence-corrected chi connectivity index (χ3v) is 2.53. The highest BCUT2D eigenvalue weighted by Gasteiger charge is 2.36. The second-order valence-corrected chi connectivity index (χ2v) is 4.01. The third-order valence-electron chi connectivity index (χ3n) is 2.53. The van der Waals surface area contributed by atoms with Gasteiger partial charge in [0, 0.05) is 6.07 Å². The van der Waals surface area contributed by atoms with Crippen molar-refractivity contribution in [3.05, 3.63) is 65.2 Å². The molecule has 0 fully saturated rings. The summed E-state index contributed by atoms with van der Waals surface area (Å²) in [7, 11) is 0. The van der Waals surface area contributed by atoms with E-state index in [0.717, 1.165) is 24.3 Å². The van der Waals surface area contributed by atoms with E-state index >= 15 is 0 Å². The molecule has 0 aliphatic carbocycles. The Morgan fingerprint density at radius 2 is 1.67 bits per heavy atom. The molecule has 21 heavy (non-hydrogen) atoms. The van der Waals surface area contributed by atoms with Gasteiger partial charge in [-0.3, -0.25) is 0 Å². The van der Waals surface area contributed by atoms with E-state index in [0.29, 0.717) is 6.07 Å². The number of ether oxygens (including phenoxy) is 1. The molecule has 0 amide bonds. The van der Waals surface area contributed by atoms with Crippen molar-refractivity contribution >= 4 is 5.97 Å². The van der Waals surface area contributed by atoms with Gasteiger partial charge in [0.25, 0.3) is 0 Å². The van der Waals surface area contributed by atoms with Crippen LogP contribution in [0.4, 0.5) is 22.0 Å². The largest absolute Gasteiger partial charge is 0.423 e. The van der Waals surface area contributed by atoms with Crippen LogP contribution in [0.3, 0.4) is 0 Å². The lowest BCUT2D eigenvalue weighted by Gasteiger charge is -2.10. The first kappa shape index (κ1) is 15.0. The van der Waals surface area contributed by atoms with Gasteiger partial charge in [-0.1, -0.05) is 12.1 Å². The molecule has 2 aromatic rings. The van der Waals surface area contributed by atoms with Crippen LogP contribution in [-0.2, 0) is 6.18 Å². The molecule has 110 valence electrons. The fourth-order valence-corrected chi connectivity index (χ4v) is 1.60. The van der Waals surface area contributed by atoms with Crippen molar-refractivity contribution in [2.75, 3.05) is 0 Å². The highest BCUT2D eigenvalue weighted by molar-refractivity contribution is 5.91. The van der Waals surface area contributed by atoms with Crippen molar-refractivity contribution in [3.63, 3.8) is 0 Å². The highest BCUT2D eigenvalue weighted by Crippen LogP contribution is 2.32. The highest BCUT2D eigenvalue weighted by atomic mass is 19.4. The van der Waals surface area contributed by atoms with E-state index in [4.69, 9.17) is 0 Å². The first-order valence-electron chi connectivity index (χ1n) is 5.62. The zero-order valence-electron chi connectivity index (χ0n) is 10.2. The first-order valence-corrected chi connectivity index (χ1v) is 5.62. The van der Waals surface area contributed by atoms with Crippen LogP contribution < -0.4 is 4.74 Å². The van der Waals surface area contributed by atoms with E-state index in [2.05, 4.69) is 4.74 Å². The maximum Gasteiger partial charge on any atom is 0.419 e. The van der Waals surface area contributed by atoms with Crippen LogP contribution in [-0.4, -0.2) is 5.97 Å². The quantitative estimate of drug-likeness (QED) is 0.472. The van der Waals surface area contributed by atoms with E-state index in [1.165, 1.54) is 12.1 Å². The number of carbonyl (C=O) groups is 1. The van der Waals surface area contributed by atoms with Crippen molar-refractivity contribution in [2.45, 2.75) is 6.18 Å². The molecule has 2 rings (SSSR count). The SMILES string of the molecule is O=C(Oc1cccc(F)c1)c1cccc(C(F)(F)F)c1F. The molecule has 0 N–H and O–H groups in total. The summed E-state index contributed by atoms with van der Waals surface area (Å²) in [5.74, 6) is -4.02. The summed E-state index contributed by atoms with van der Waals surface area (Å²) in [6, 6.07) is 6.63. The van der Waals surface area contributed by atoms with E-state index in [1.54, 1.807) is 0 Å². The summed E-state index contributed by atoms with van der Waals surface area (Å²) in [6.07, 6.45) is -4.93. The van der Waals surface area contributed by atoms with Gasteiger partial charge in [-0.25, -0.2) is 13.6 Å². The molecule has 0 saturated heterocycles. The minimum atomic E-state index is -4.93. The van der Waals surface area contributed by atoms with Gasteiger partial charge >= 0.3 is 12.1 Å². The molecule has 0 radical (unpaired) electrons. The molecule has 0 saturated carbocycles. The zero-order chi connectivity index (χ0) is 15.6. The number of rotatable bonds is 2. The van der Waals surface area contributed by atoms with Gasteiger partial charge in [-0.15, -0.1) is 0 Å². The maximum atomic E-state index is 13.7. The number of alkyl halides is 3. The average molecular weight is 302 g/mol. The van der Waals surface area contributed by atoms with Crippen molar-refractivity contribution in [2.24, 2.45) is 0 Å². The maximum absolute atomic E-state index is 13.7. The third kappa shape index (κ3) is 3.36. The predicted octanol–water partition coefficient (Wildman–Crippen LogP) is 4.20. The van der Waals surface area contributed by atoms with Gasteiger partial charge in [-0.05, 0) is 24.3 Å². The monoisotopic (exact) mass is 302 g/mol. The Kier molecular flexibility index (Phi) is 3.93. The number of benzene rings is 2. The molecule has 0 bridgehead atoms. The standard InChI is InChI=1S/C14H7F5O2/c15-8-3-1-4-9(7-8)21-13(20)10-5-2-6-11(12(10)16)14(17,18)19/h1-7H. The number of hydrogen-bond donors (Lipinski definition) is 0. The van der Waals surface area contributed by atoms with Gasteiger partial charge < -0.3 is 4.74 Å². The Hall–Kier alpha value is -2.44. The minimum absolute atomic E-state index is 0.239. The lowest BCUT2D eigenvalue weighted by molar-refractivity contribution is -0.140. The van der Waals surface area contributed by atoms with Crippen molar-refractivity contribution < 1.29 is 31.5 Å². The summed E-state index contributed by atoms with van der Waals surface area (Å²) in [6.45, 7) is 0. The molecule has 2 nitrogen and oxygen atoms in total. The molecule has 0 spiro atoms. The fraction of sp³-hybridized carbons (Fsp3) is 0.0714. The van der Waals surface area contributed by atoms with E-state index < -0.39 is 34.9 Å². The lowest BCUT2D eigenvalue weighted by Crippen LogP contribution is -2.15. The van der Waals surface area contributed by atoms with Crippen LogP contribution >= 0.6 is 0 Å². The number of hydrogen-bond acceptors (Lipinski definition) is 2. The minimum Gasteiger partial charge on any atom is -0.423 e. The van der Waals surface area contributed by atoms with Gasteiger partial charge in [0.05, 0.1) is 11.1 Å². The molecule has 0 aliphatic heterocycles. The second-order valence-electron chi connectivity index (χ2n) is 4.01. The predicted molar refractivity (Wildman–Crippen MR) is 62.8 cm³/mol. The Balaban J connectivity index is 2.32. The van der Waals surface area contributed by atoms with E-state index in [-0.39, 0.29) is 5.75 Å². The van der Waals surface area contributed by atoms with Crippen LogP contribution in [0.1, 0.15) is 15.9 Å². The van der Waals surface area contributed by atoms with Crippen LogP contribution in [0.2, 0.25) is 0 Å². The van der Waals surface area contributed by atoms with E-state index in [1.807, 2.05) is 0 Å². The molecular weight excluding hydrogens is 295 g/mol. The Labute approximate surface area is 115 Å². The normalized spacial score (nSPS) is 11.3. The molecule has 0 aliphatic rings.